The van der Waals surface area contributed by atoms with Crippen LogP contribution in [0.2, 0.25) is 0 Å². The van der Waals surface area contributed by atoms with E-state index in [-0.39, 0.29) is 21.1 Å². The van der Waals surface area contributed by atoms with Gasteiger partial charge in [-0.2, -0.15) is 12.1 Å². The first kappa shape index (κ1) is 23.3. The van der Waals surface area contributed by atoms with Gasteiger partial charge < -0.3 is 23.2 Å². The summed E-state index contributed by atoms with van der Waals surface area (Å²) < 4.78 is 0. The smallest absolute Gasteiger partial charge is 0.366 e. The van der Waals surface area contributed by atoms with Crippen LogP contribution in [0.25, 0.3) is 38.4 Å². The molecule has 0 unspecified atom stereocenters. The van der Waals surface area contributed by atoms with Crippen molar-refractivity contribution in [1.82, 2.24) is 4.98 Å². The minimum atomic E-state index is 0. The van der Waals surface area contributed by atoms with Gasteiger partial charge in [-0.15, -0.1) is 6.07 Å². The Morgan fingerprint density at radius 1 is 0.562 bits per heavy atom. The zero-order chi connectivity index (χ0) is 21.3. The summed E-state index contributed by atoms with van der Waals surface area (Å²) >= 11 is 0. The average molecular weight is 581 g/mol. The Labute approximate surface area is 203 Å². The van der Waals surface area contributed by atoms with Gasteiger partial charge >= 0.3 is 21.1 Å². The third-order valence-corrected chi connectivity index (χ3v) is 5.04. The quantitative estimate of drug-likeness (QED) is 0.149. The number of rotatable bonds is 1. The molecule has 2 heteroatoms. The summed E-state index contributed by atoms with van der Waals surface area (Å²) in [5.74, 6) is 0. The Hall–Kier alpha value is -3.41. The molecule has 6 aromatic rings. The number of fused-ring (bicyclic) bond motifs is 4. The standard InChI is InChI=1S/C14H10.C8H7N.C8H6.W/c1-3-7-13-11(5-1)9-10-12-6-2-4-8-14(12)13;1-2-4-8-6-9-5-7(8)3-1;1-2-8-6-4-3-5-7-8;/h1-10H;1-6,9H;1-6H;/q;;-2;+2. The average Bonchev–Trinajstić information content (AvgIpc) is 3.34. The fourth-order valence-electron chi connectivity index (χ4n) is 3.46. The van der Waals surface area contributed by atoms with Gasteiger partial charge in [0.25, 0.3) is 0 Å². The summed E-state index contributed by atoms with van der Waals surface area (Å²) in [4.78, 5) is 3.04. The zero-order valence-corrected chi connectivity index (χ0v) is 20.5. The Bertz CT molecular complexity index is 1320. The number of hydrogen-bond donors (Lipinski definition) is 1. The van der Waals surface area contributed by atoms with Gasteiger partial charge in [0, 0.05) is 12.4 Å². The van der Waals surface area contributed by atoms with E-state index in [1.165, 1.54) is 38.4 Å². The van der Waals surface area contributed by atoms with Crippen LogP contribution in [0.1, 0.15) is 5.56 Å². The summed E-state index contributed by atoms with van der Waals surface area (Å²) in [5, 5.41) is 7.85. The van der Waals surface area contributed by atoms with Crippen molar-refractivity contribution in [1.29, 1.82) is 0 Å². The van der Waals surface area contributed by atoms with E-state index in [4.69, 9.17) is 6.58 Å². The van der Waals surface area contributed by atoms with Crippen molar-refractivity contribution >= 4 is 38.4 Å². The normalized spacial score (nSPS) is 9.75. The predicted molar refractivity (Wildman–Crippen MR) is 134 cm³/mol. The molecule has 0 spiro atoms. The predicted octanol–water partition coefficient (Wildman–Crippen LogP) is 8.09. The SMILES string of the molecule is [CH-]=Cc1[c-]cccc1.[W+2].c1ccc2c(c1)ccc1ccccc12.c1ccc2c[nH]cc2c1. The molecule has 5 aromatic carbocycles. The Kier molecular flexibility index (Phi) is 8.60. The molecule has 1 N–H and O–H groups in total. The fourth-order valence-corrected chi connectivity index (χ4v) is 3.46. The second kappa shape index (κ2) is 11.8. The molecule has 0 aliphatic heterocycles. The van der Waals surface area contributed by atoms with Gasteiger partial charge in [0.1, 0.15) is 0 Å². The maximum absolute atomic E-state index is 5.19. The van der Waals surface area contributed by atoms with Gasteiger partial charge in [0.05, 0.1) is 0 Å². The summed E-state index contributed by atoms with van der Waals surface area (Å²) in [6.45, 7) is 5.19. The Balaban J connectivity index is 0.000000141. The molecule has 0 bridgehead atoms. The molecule has 32 heavy (non-hydrogen) atoms. The molecule has 154 valence electrons. The van der Waals surface area contributed by atoms with Crippen molar-refractivity contribution in [2.75, 3.05) is 0 Å². The molecule has 1 heterocycles. The first-order chi connectivity index (χ1) is 15.3. The maximum atomic E-state index is 5.19. The van der Waals surface area contributed by atoms with E-state index in [1.54, 1.807) is 0 Å². The molecular formula is C30H23NW. The zero-order valence-electron chi connectivity index (χ0n) is 17.6. The molecule has 1 nitrogen and oxygen atoms in total. The molecule has 6 rings (SSSR count). The van der Waals surface area contributed by atoms with E-state index in [0.717, 1.165) is 5.56 Å². The first-order valence-corrected chi connectivity index (χ1v) is 10.2. The van der Waals surface area contributed by atoms with Crippen LogP contribution in [0.3, 0.4) is 0 Å². The maximum Gasteiger partial charge on any atom is 2.00 e. The molecule has 0 radical (unpaired) electrons. The van der Waals surface area contributed by atoms with Crippen LogP contribution in [0.5, 0.6) is 0 Å². The molecule has 0 aliphatic rings. The monoisotopic (exact) mass is 581 g/mol. The minimum absolute atomic E-state index is 0. The first-order valence-electron chi connectivity index (χ1n) is 10.2. The van der Waals surface area contributed by atoms with Crippen molar-refractivity contribution < 1.29 is 21.1 Å². The number of aromatic amines is 1. The number of nitrogens with one attached hydrogen (secondary N) is 1. The summed E-state index contributed by atoms with van der Waals surface area (Å²) in [5.41, 5.74) is 0.938. The third-order valence-electron chi connectivity index (χ3n) is 5.04. The van der Waals surface area contributed by atoms with Crippen LogP contribution < -0.4 is 0 Å². The van der Waals surface area contributed by atoms with Gasteiger partial charge in [-0.1, -0.05) is 84.9 Å². The van der Waals surface area contributed by atoms with Gasteiger partial charge in [-0.3, -0.25) is 0 Å². The minimum Gasteiger partial charge on any atom is -0.366 e. The van der Waals surface area contributed by atoms with Crippen molar-refractivity contribution in [3.05, 3.63) is 140 Å². The van der Waals surface area contributed by atoms with E-state index in [1.807, 2.05) is 48.8 Å². The van der Waals surface area contributed by atoms with E-state index in [0.29, 0.717) is 0 Å². The molecule has 0 saturated carbocycles. The molecule has 1 aromatic heterocycles. The number of aromatic nitrogens is 1. The van der Waals surface area contributed by atoms with Gasteiger partial charge in [0.2, 0.25) is 0 Å². The van der Waals surface area contributed by atoms with Crippen LogP contribution in [0.15, 0.2) is 122 Å². The molecule has 0 aliphatic carbocycles. The van der Waals surface area contributed by atoms with Crippen LogP contribution in [-0.2, 0) is 21.1 Å². The largest absolute Gasteiger partial charge is 2.00 e. The van der Waals surface area contributed by atoms with E-state index >= 15 is 0 Å². The molecule has 0 fully saturated rings. The molecule has 0 atom stereocenters. The van der Waals surface area contributed by atoms with Gasteiger partial charge in [0.15, 0.2) is 0 Å². The topological polar surface area (TPSA) is 15.8 Å². The van der Waals surface area contributed by atoms with Crippen molar-refractivity contribution in [2.24, 2.45) is 0 Å². The van der Waals surface area contributed by atoms with E-state index < -0.39 is 0 Å². The van der Waals surface area contributed by atoms with E-state index in [2.05, 4.69) is 83.8 Å². The number of H-pyrrole nitrogens is 1. The van der Waals surface area contributed by atoms with Crippen LogP contribution in [-0.4, -0.2) is 4.98 Å². The third kappa shape index (κ3) is 5.84. The summed E-state index contributed by atoms with van der Waals surface area (Å²) in [6.07, 6.45) is 5.52. The Morgan fingerprint density at radius 3 is 1.47 bits per heavy atom. The van der Waals surface area contributed by atoms with Crippen molar-refractivity contribution in [3.63, 3.8) is 0 Å². The molecule has 0 saturated heterocycles. The van der Waals surface area contributed by atoms with Crippen molar-refractivity contribution in [3.8, 4) is 0 Å². The second-order valence-corrected chi connectivity index (χ2v) is 7.08. The summed E-state index contributed by atoms with van der Waals surface area (Å²) in [6, 6.07) is 40.1. The second-order valence-electron chi connectivity index (χ2n) is 7.08. The van der Waals surface area contributed by atoms with Crippen molar-refractivity contribution in [2.45, 2.75) is 0 Å². The fraction of sp³-hybridized carbons (Fsp3) is 0. The van der Waals surface area contributed by atoms with Crippen LogP contribution in [0.4, 0.5) is 0 Å². The number of hydrogen-bond acceptors (Lipinski definition) is 0. The van der Waals surface area contributed by atoms with Gasteiger partial charge in [-0.25, -0.2) is 12.1 Å². The van der Waals surface area contributed by atoms with Gasteiger partial charge in [-0.05, 0) is 32.3 Å². The van der Waals surface area contributed by atoms with E-state index in [9.17, 15) is 0 Å². The molecule has 0 amide bonds. The van der Waals surface area contributed by atoms with Crippen LogP contribution >= 0.6 is 0 Å². The Morgan fingerprint density at radius 2 is 1.03 bits per heavy atom. The number of benzene rings is 5. The molecular weight excluding hydrogens is 558 g/mol. The van der Waals surface area contributed by atoms with Crippen LogP contribution in [0, 0.1) is 12.6 Å². The summed E-state index contributed by atoms with van der Waals surface area (Å²) in [7, 11) is 0.